The van der Waals surface area contributed by atoms with E-state index in [0.29, 0.717) is 17.9 Å². The standard InChI is InChI=1S/C48H60N4O6S2/c1-33(2)28-41(44(54)52-31-35-19-17-16-18-34(35)29-42(52)43(53)51-40(45(55)56)26-27-59-6)49-30-39(50-46(57)58-47(3,4)5)32-60-48(36-20-10-7-11-21-36,37-22-12-8-13-23-37)38-24-14-9-15-25-38/h7-25,33,39-42,49H,26-32H2,1-6H3,(H,50,57)(H,51,53)(H,55,56)/t39-,40+,41+,42+/m1/s1. The number of ether oxygens (including phenoxy) is 1. The number of carboxylic acids is 1. The van der Waals surface area contributed by atoms with Crippen molar-refractivity contribution in [1.82, 2.24) is 20.9 Å². The molecular formula is C48H60N4O6S2. The Balaban J connectivity index is 1.47. The van der Waals surface area contributed by atoms with Crippen LogP contribution in [0, 0.1) is 5.92 Å². The van der Waals surface area contributed by atoms with Crippen molar-refractivity contribution in [2.75, 3.05) is 24.3 Å². The molecule has 0 aliphatic carbocycles. The van der Waals surface area contributed by atoms with Gasteiger partial charge in [0.15, 0.2) is 0 Å². The van der Waals surface area contributed by atoms with Crippen molar-refractivity contribution in [3.8, 4) is 0 Å². The molecule has 0 radical (unpaired) electrons. The zero-order valence-electron chi connectivity index (χ0n) is 35.6. The van der Waals surface area contributed by atoms with Crippen LogP contribution < -0.4 is 16.0 Å². The predicted molar refractivity (Wildman–Crippen MR) is 243 cm³/mol. The highest BCUT2D eigenvalue weighted by molar-refractivity contribution is 8.00. The van der Waals surface area contributed by atoms with Crippen LogP contribution in [0.1, 0.15) is 75.3 Å². The largest absolute Gasteiger partial charge is 0.480 e. The monoisotopic (exact) mass is 852 g/mol. The molecule has 4 N–H and O–H groups in total. The Bertz CT molecular complexity index is 1910. The number of hydrogen-bond acceptors (Lipinski definition) is 8. The molecule has 0 fully saturated rings. The van der Waals surface area contributed by atoms with Crippen LogP contribution >= 0.6 is 23.5 Å². The maximum absolute atomic E-state index is 14.9. The Morgan fingerprint density at radius 3 is 1.82 bits per heavy atom. The lowest BCUT2D eigenvalue weighted by Crippen LogP contribution is -2.59. The van der Waals surface area contributed by atoms with Crippen LogP contribution in [0.5, 0.6) is 0 Å². The number of carbonyl (C=O) groups is 4. The summed E-state index contributed by atoms with van der Waals surface area (Å²) in [6.45, 7) is 9.98. The second kappa shape index (κ2) is 21.7. The van der Waals surface area contributed by atoms with Gasteiger partial charge in [-0.05, 0) is 79.4 Å². The summed E-state index contributed by atoms with van der Waals surface area (Å²) in [6.07, 6.45) is 2.31. The van der Waals surface area contributed by atoms with E-state index in [1.54, 1.807) is 16.7 Å². The van der Waals surface area contributed by atoms with Crippen molar-refractivity contribution in [1.29, 1.82) is 0 Å². The minimum absolute atomic E-state index is 0.104. The summed E-state index contributed by atoms with van der Waals surface area (Å²) in [5, 5.41) is 19.4. The minimum Gasteiger partial charge on any atom is -0.480 e. The van der Waals surface area contributed by atoms with Crippen LogP contribution in [0.25, 0.3) is 0 Å². The number of benzene rings is 4. The molecule has 4 aromatic rings. The van der Waals surface area contributed by atoms with Crippen LogP contribution in [0.3, 0.4) is 0 Å². The van der Waals surface area contributed by atoms with Gasteiger partial charge >= 0.3 is 12.1 Å². The summed E-state index contributed by atoms with van der Waals surface area (Å²) in [5.74, 6) is -0.758. The molecule has 0 spiro atoms. The number of nitrogens with zero attached hydrogens (tertiary/aromatic N) is 1. The van der Waals surface area contributed by atoms with Crippen LogP contribution in [-0.4, -0.2) is 88.0 Å². The van der Waals surface area contributed by atoms with Crippen LogP contribution in [0.15, 0.2) is 115 Å². The first-order valence-corrected chi connectivity index (χ1v) is 23.0. The van der Waals surface area contributed by atoms with Gasteiger partial charge in [-0.2, -0.15) is 11.8 Å². The average molecular weight is 853 g/mol. The lowest BCUT2D eigenvalue weighted by Gasteiger charge is -2.39. The number of thioether (sulfide) groups is 2. The maximum Gasteiger partial charge on any atom is 0.407 e. The molecule has 0 saturated carbocycles. The van der Waals surface area contributed by atoms with Gasteiger partial charge in [0, 0.05) is 25.3 Å². The Labute approximate surface area is 364 Å². The first kappa shape index (κ1) is 46.3. The molecule has 12 heteroatoms. The first-order chi connectivity index (χ1) is 28.7. The number of aliphatic carboxylic acids is 1. The van der Waals surface area contributed by atoms with E-state index < -0.39 is 52.5 Å². The van der Waals surface area contributed by atoms with Crippen molar-refractivity contribution in [3.63, 3.8) is 0 Å². The minimum atomic E-state index is -1.11. The van der Waals surface area contributed by atoms with Gasteiger partial charge in [0.2, 0.25) is 11.8 Å². The van der Waals surface area contributed by atoms with Gasteiger partial charge in [0.25, 0.3) is 0 Å². The van der Waals surface area contributed by atoms with Crippen molar-refractivity contribution in [3.05, 3.63) is 143 Å². The number of alkyl carbamates (subject to hydrolysis) is 1. The number of hydrogen-bond donors (Lipinski definition) is 4. The van der Waals surface area contributed by atoms with Gasteiger partial charge < -0.3 is 30.7 Å². The van der Waals surface area contributed by atoms with Crippen molar-refractivity contribution in [2.45, 2.75) is 94.9 Å². The SMILES string of the molecule is CSCC[C@H](NC(=O)[C@@H]1Cc2ccccc2CN1C(=O)[C@H](CC(C)C)NC[C@H](CSC(c1ccccc1)(c1ccccc1)c1ccccc1)NC(=O)OC(C)(C)C)C(=O)O. The first-order valence-electron chi connectivity index (χ1n) is 20.6. The number of nitrogens with one attached hydrogen (secondary N) is 3. The topological polar surface area (TPSA) is 137 Å². The van der Waals surface area contributed by atoms with Crippen LogP contribution in [0.2, 0.25) is 0 Å². The number of rotatable bonds is 19. The Morgan fingerprint density at radius 1 is 0.783 bits per heavy atom. The van der Waals surface area contributed by atoms with E-state index in [1.807, 2.05) is 120 Å². The summed E-state index contributed by atoms with van der Waals surface area (Å²) in [5.41, 5.74) is 4.40. The smallest absolute Gasteiger partial charge is 0.407 e. The van der Waals surface area contributed by atoms with Crippen molar-refractivity contribution >= 4 is 47.4 Å². The second-order valence-corrected chi connectivity index (χ2v) is 18.9. The third kappa shape index (κ3) is 12.4. The molecule has 1 aliphatic rings. The van der Waals surface area contributed by atoms with E-state index in [4.69, 9.17) is 4.74 Å². The molecule has 4 aromatic carbocycles. The van der Waals surface area contributed by atoms with E-state index in [-0.39, 0.29) is 37.8 Å². The predicted octanol–water partition coefficient (Wildman–Crippen LogP) is 7.89. The number of carboxylic acid groups (broad SMARTS) is 1. The zero-order valence-corrected chi connectivity index (χ0v) is 37.2. The Hall–Kier alpha value is -4.78. The molecule has 0 aromatic heterocycles. The van der Waals surface area contributed by atoms with Gasteiger partial charge in [0.1, 0.15) is 17.7 Å². The molecule has 1 aliphatic heterocycles. The fourth-order valence-electron chi connectivity index (χ4n) is 7.60. The lowest BCUT2D eigenvalue weighted by molar-refractivity contribution is -0.146. The highest BCUT2D eigenvalue weighted by atomic mass is 32.2. The van der Waals surface area contributed by atoms with Crippen molar-refractivity contribution < 1.29 is 29.0 Å². The normalized spacial score (nSPS) is 15.7. The highest BCUT2D eigenvalue weighted by Gasteiger charge is 2.40. The van der Waals surface area contributed by atoms with E-state index in [9.17, 15) is 24.3 Å². The second-order valence-electron chi connectivity index (χ2n) is 16.7. The third-order valence-corrected chi connectivity index (χ3v) is 12.8. The van der Waals surface area contributed by atoms with E-state index in [0.717, 1.165) is 27.8 Å². The molecule has 10 nitrogen and oxygen atoms in total. The summed E-state index contributed by atoms with van der Waals surface area (Å²) in [7, 11) is 0. The van der Waals surface area contributed by atoms with Gasteiger partial charge in [-0.25, -0.2) is 9.59 Å². The molecule has 0 unspecified atom stereocenters. The zero-order chi connectivity index (χ0) is 43.3. The highest BCUT2D eigenvalue weighted by Crippen LogP contribution is 2.48. The molecule has 4 atom stereocenters. The molecule has 60 heavy (non-hydrogen) atoms. The molecule has 1 heterocycles. The molecule has 0 bridgehead atoms. The van der Waals surface area contributed by atoms with E-state index in [1.165, 1.54) is 11.8 Å². The average Bonchev–Trinajstić information content (AvgIpc) is 3.23. The number of amides is 3. The van der Waals surface area contributed by atoms with Gasteiger partial charge in [-0.15, -0.1) is 11.8 Å². The third-order valence-electron chi connectivity index (χ3n) is 10.4. The molecular weight excluding hydrogens is 793 g/mol. The molecule has 320 valence electrons. The van der Waals surface area contributed by atoms with Gasteiger partial charge in [-0.3, -0.25) is 9.59 Å². The number of carbonyl (C=O) groups excluding carboxylic acids is 3. The van der Waals surface area contributed by atoms with E-state index >= 15 is 0 Å². The molecule has 3 amide bonds. The van der Waals surface area contributed by atoms with Gasteiger partial charge in [-0.1, -0.05) is 129 Å². The summed E-state index contributed by atoms with van der Waals surface area (Å²) in [4.78, 5) is 56.2. The summed E-state index contributed by atoms with van der Waals surface area (Å²) < 4.78 is 5.11. The Morgan fingerprint density at radius 2 is 1.32 bits per heavy atom. The molecule has 5 rings (SSSR count). The fourth-order valence-corrected chi connectivity index (χ4v) is 9.63. The summed E-state index contributed by atoms with van der Waals surface area (Å²) >= 11 is 3.21. The summed E-state index contributed by atoms with van der Waals surface area (Å²) in [6, 6.07) is 35.5. The fraction of sp³-hybridized carbons (Fsp3) is 0.417. The van der Waals surface area contributed by atoms with Crippen molar-refractivity contribution in [2.24, 2.45) is 5.92 Å². The Kier molecular flexibility index (Phi) is 16.7. The van der Waals surface area contributed by atoms with E-state index in [2.05, 4.69) is 52.3 Å². The van der Waals surface area contributed by atoms with Gasteiger partial charge in [0.05, 0.1) is 16.8 Å². The number of fused-ring (bicyclic) bond motifs is 1. The van der Waals surface area contributed by atoms with Crippen LogP contribution in [-0.2, 0) is 36.8 Å². The molecule has 0 saturated heterocycles. The lowest BCUT2D eigenvalue weighted by atomic mass is 9.84. The maximum atomic E-state index is 14.9. The van der Waals surface area contributed by atoms with Crippen LogP contribution in [0.4, 0.5) is 4.79 Å². The quantitative estimate of drug-likeness (QED) is 0.0695.